The highest BCUT2D eigenvalue weighted by atomic mass is 16.4. The second-order valence-corrected chi connectivity index (χ2v) is 8.13. The van der Waals surface area contributed by atoms with Crippen molar-refractivity contribution in [3.8, 4) is 0 Å². The first kappa shape index (κ1) is 19.5. The van der Waals surface area contributed by atoms with Gasteiger partial charge in [-0.05, 0) is 61.4 Å². The van der Waals surface area contributed by atoms with E-state index in [0.717, 1.165) is 18.4 Å². The number of carboxylic acids is 1. The van der Waals surface area contributed by atoms with Gasteiger partial charge in [0, 0.05) is 19.2 Å². The van der Waals surface area contributed by atoms with Gasteiger partial charge in [0.2, 0.25) is 0 Å². The molecule has 0 aliphatic heterocycles. The molecule has 1 heterocycles. The lowest BCUT2D eigenvalue weighted by molar-refractivity contribution is -0.132. The average molecular weight is 393 g/mol. The third-order valence-electron chi connectivity index (χ3n) is 6.30. The summed E-state index contributed by atoms with van der Waals surface area (Å²) in [7, 11) is 1.71. The first-order valence-corrected chi connectivity index (χ1v) is 10.4. The van der Waals surface area contributed by atoms with Gasteiger partial charge < -0.3 is 14.8 Å². The summed E-state index contributed by atoms with van der Waals surface area (Å²) in [6.45, 7) is 1.91. The fourth-order valence-corrected chi connectivity index (χ4v) is 4.68. The Hall–Kier alpha value is -2.82. The van der Waals surface area contributed by atoms with Crippen molar-refractivity contribution < 1.29 is 14.3 Å². The maximum atomic E-state index is 13.4. The molecular formula is C24H27NO4. The topological polar surface area (TPSA) is 79.5 Å². The molecule has 5 nitrogen and oxygen atoms in total. The number of carboxylic acid groups (broad SMARTS) is 1. The fraction of sp³-hybridized carbons (Fsp3) is 0.417. The van der Waals surface area contributed by atoms with Crippen LogP contribution < -0.4 is 10.7 Å². The quantitative estimate of drug-likeness (QED) is 0.787. The Morgan fingerprint density at radius 3 is 2.62 bits per heavy atom. The zero-order chi connectivity index (χ0) is 20.5. The lowest BCUT2D eigenvalue weighted by Crippen LogP contribution is -2.20. The first-order valence-electron chi connectivity index (χ1n) is 10.4. The molecule has 4 rings (SSSR count). The summed E-state index contributed by atoms with van der Waals surface area (Å²) in [5.41, 5.74) is 3.57. The van der Waals surface area contributed by atoms with E-state index in [4.69, 9.17) is 4.42 Å². The number of fused-ring (bicyclic) bond motifs is 2. The van der Waals surface area contributed by atoms with Gasteiger partial charge in [-0.1, -0.05) is 25.3 Å². The van der Waals surface area contributed by atoms with Crippen molar-refractivity contribution in [2.45, 2.75) is 57.8 Å². The maximum absolute atomic E-state index is 13.4. The second kappa shape index (κ2) is 7.90. The van der Waals surface area contributed by atoms with Crippen LogP contribution in [-0.4, -0.2) is 18.1 Å². The summed E-state index contributed by atoms with van der Waals surface area (Å²) in [6.07, 6.45) is 8.71. The van der Waals surface area contributed by atoms with Crippen LogP contribution in [0, 0.1) is 0 Å². The van der Waals surface area contributed by atoms with Gasteiger partial charge in [0.15, 0.2) is 5.43 Å². The molecule has 0 spiro atoms. The monoisotopic (exact) mass is 393 g/mol. The number of hydrogen-bond acceptors (Lipinski definition) is 4. The molecule has 2 N–H and O–H groups in total. The molecule has 0 unspecified atom stereocenters. The Morgan fingerprint density at radius 1 is 1.17 bits per heavy atom. The third-order valence-corrected chi connectivity index (χ3v) is 6.30. The lowest BCUT2D eigenvalue weighted by atomic mass is 9.83. The van der Waals surface area contributed by atoms with E-state index in [0.29, 0.717) is 46.7 Å². The first-order chi connectivity index (χ1) is 14.0. The number of nitrogens with one attached hydrogen (secondary N) is 1. The highest BCUT2D eigenvalue weighted by molar-refractivity contribution is 5.98. The largest absolute Gasteiger partial charge is 0.478 e. The lowest BCUT2D eigenvalue weighted by Gasteiger charge is -2.22. The van der Waals surface area contributed by atoms with E-state index in [1.165, 1.54) is 30.9 Å². The summed E-state index contributed by atoms with van der Waals surface area (Å²) >= 11 is 0. The molecule has 2 aliphatic rings. The maximum Gasteiger partial charge on any atom is 0.337 e. The Balaban J connectivity index is 1.90. The van der Waals surface area contributed by atoms with E-state index >= 15 is 0 Å². The fourth-order valence-electron chi connectivity index (χ4n) is 4.68. The van der Waals surface area contributed by atoms with Crippen LogP contribution in [0.4, 0.5) is 0 Å². The molecule has 29 heavy (non-hydrogen) atoms. The minimum atomic E-state index is -1.06. The van der Waals surface area contributed by atoms with Crippen molar-refractivity contribution in [1.29, 1.82) is 0 Å². The van der Waals surface area contributed by atoms with E-state index in [9.17, 15) is 14.7 Å². The summed E-state index contributed by atoms with van der Waals surface area (Å²) in [6, 6.07) is 5.95. The molecule has 0 atom stereocenters. The molecule has 2 aliphatic carbocycles. The summed E-state index contributed by atoms with van der Waals surface area (Å²) in [5.74, 6) is -0.0145. The van der Waals surface area contributed by atoms with Crippen LogP contribution in [0.25, 0.3) is 17.0 Å². The van der Waals surface area contributed by atoms with Gasteiger partial charge in [-0.2, -0.15) is 0 Å². The summed E-state index contributed by atoms with van der Waals surface area (Å²) in [5, 5.41) is 13.3. The predicted octanol–water partition coefficient (Wildman–Crippen LogP) is 4.75. The van der Waals surface area contributed by atoms with Crippen LogP contribution in [0.15, 0.2) is 44.3 Å². The van der Waals surface area contributed by atoms with Crippen LogP contribution in [0.3, 0.4) is 0 Å². The number of carbonyl (C=O) groups is 1. The van der Waals surface area contributed by atoms with Crippen LogP contribution >= 0.6 is 0 Å². The minimum Gasteiger partial charge on any atom is -0.478 e. The van der Waals surface area contributed by atoms with Gasteiger partial charge in [-0.3, -0.25) is 4.79 Å². The molecule has 0 bridgehead atoms. The van der Waals surface area contributed by atoms with Crippen molar-refractivity contribution in [1.82, 2.24) is 5.32 Å². The van der Waals surface area contributed by atoms with E-state index < -0.39 is 5.97 Å². The Labute approximate surface area is 170 Å². The molecule has 1 fully saturated rings. The molecule has 1 saturated carbocycles. The molecule has 0 amide bonds. The van der Waals surface area contributed by atoms with E-state index in [1.54, 1.807) is 7.05 Å². The molecule has 152 valence electrons. The van der Waals surface area contributed by atoms with Gasteiger partial charge in [-0.25, -0.2) is 4.79 Å². The van der Waals surface area contributed by atoms with Gasteiger partial charge in [-0.15, -0.1) is 0 Å². The van der Waals surface area contributed by atoms with Crippen molar-refractivity contribution in [3.05, 3.63) is 62.2 Å². The van der Waals surface area contributed by atoms with Gasteiger partial charge in [0.25, 0.3) is 0 Å². The minimum absolute atomic E-state index is 0.0982. The SMILES string of the molecule is CNC1=C(/C)CCc2oc3ccc(C4CCCCC4)cc3c(=O)c2/C=C\1C(=O)O. The van der Waals surface area contributed by atoms with Gasteiger partial charge in [0.05, 0.1) is 16.5 Å². The van der Waals surface area contributed by atoms with Crippen LogP contribution in [0.1, 0.15) is 68.3 Å². The highest BCUT2D eigenvalue weighted by Gasteiger charge is 2.23. The second-order valence-electron chi connectivity index (χ2n) is 8.13. The number of allylic oxidation sites excluding steroid dienone is 1. The van der Waals surface area contributed by atoms with Crippen LogP contribution in [0.2, 0.25) is 0 Å². The standard InChI is InChI=1S/C24H27NO4/c1-14-8-10-20-18(13-19(24(27)28)22(14)25-2)23(26)17-12-16(9-11-21(17)29-20)15-6-4-3-5-7-15/h9,11-13,15,25H,3-8,10H2,1-2H3,(H,27,28)/b19-13+,22-14-. The number of benzene rings is 1. The average Bonchev–Trinajstić information content (AvgIpc) is 2.72. The number of aryl methyl sites for hydroxylation is 1. The van der Waals surface area contributed by atoms with Crippen LogP contribution in [-0.2, 0) is 11.2 Å². The smallest absolute Gasteiger partial charge is 0.337 e. The normalized spacial score (nSPS) is 22.3. The molecule has 5 heteroatoms. The van der Waals surface area contributed by atoms with Crippen molar-refractivity contribution in [3.63, 3.8) is 0 Å². The predicted molar refractivity (Wildman–Crippen MR) is 114 cm³/mol. The Bertz CT molecular complexity index is 1080. The highest BCUT2D eigenvalue weighted by Crippen LogP contribution is 2.34. The zero-order valence-corrected chi connectivity index (χ0v) is 17.0. The Morgan fingerprint density at radius 2 is 1.93 bits per heavy atom. The molecule has 0 radical (unpaired) electrons. The summed E-state index contributed by atoms with van der Waals surface area (Å²) < 4.78 is 6.11. The number of rotatable bonds is 3. The number of aliphatic carboxylic acids is 1. The molecule has 0 saturated heterocycles. The van der Waals surface area contributed by atoms with E-state index in [2.05, 4.69) is 11.4 Å². The van der Waals surface area contributed by atoms with E-state index in [-0.39, 0.29) is 11.0 Å². The van der Waals surface area contributed by atoms with Crippen molar-refractivity contribution in [2.75, 3.05) is 7.05 Å². The van der Waals surface area contributed by atoms with Gasteiger partial charge >= 0.3 is 5.97 Å². The van der Waals surface area contributed by atoms with Crippen LogP contribution in [0.5, 0.6) is 0 Å². The van der Waals surface area contributed by atoms with Crippen molar-refractivity contribution in [2.24, 2.45) is 0 Å². The zero-order valence-electron chi connectivity index (χ0n) is 17.0. The molecule has 1 aromatic carbocycles. The molecular weight excluding hydrogens is 366 g/mol. The number of hydrogen-bond donors (Lipinski definition) is 2. The summed E-state index contributed by atoms with van der Waals surface area (Å²) in [4.78, 5) is 25.3. The Kier molecular flexibility index (Phi) is 5.31. The van der Waals surface area contributed by atoms with Crippen molar-refractivity contribution >= 4 is 23.0 Å². The number of likely N-dealkylation sites (N-methyl/N-ethyl adjacent to an activating group) is 1. The molecule has 1 aromatic heterocycles. The molecule has 2 aromatic rings. The third kappa shape index (κ3) is 3.61. The van der Waals surface area contributed by atoms with E-state index in [1.807, 2.05) is 19.1 Å². The van der Waals surface area contributed by atoms with Gasteiger partial charge in [0.1, 0.15) is 11.3 Å².